The van der Waals surface area contributed by atoms with Crippen LogP contribution in [0.2, 0.25) is 0 Å². The third-order valence-electron chi connectivity index (χ3n) is 4.96. The summed E-state index contributed by atoms with van der Waals surface area (Å²) < 4.78 is 5.13. The van der Waals surface area contributed by atoms with E-state index in [4.69, 9.17) is 4.52 Å². The summed E-state index contributed by atoms with van der Waals surface area (Å²) in [5.74, 6) is 1.34. The molecule has 3 rings (SSSR count). The summed E-state index contributed by atoms with van der Waals surface area (Å²) in [5.41, 5.74) is 2.37. The van der Waals surface area contributed by atoms with Gasteiger partial charge >= 0.3 is 0 Å². The molecular weight excluding hydrogens is 290 g/mol. The fourth-order valence-electron chi connectivity index (χ4n) is 3.49. The lowest BCUT2D eigenvalue weighted by atomic mass is 9.92. The highest BCUT2D eigenvalue weighted by Crippen LogP contribution is 2.58. The first-order valence-electron chi connectivity index (χ1n) is 7.52. The molecule has 2 N–H and O–H groups in total. The van der Waals surface area contributed by atoms with E-state index >= 15 is 0 Å². The molecule has 2 aliphatic rings. The number of halogens is 1. The minimum atomic E-state index is 0. The number of nitrogens with zero attached hydrogens (tertiary/aromatic N) is 1. The predicted octanol–water partition coefficient (Wildman–Crippen LogP) is 1.76. The van der Waals surface area contributed by atoms with Crippen LogP contribution in [-0.2, 0) is 11.2 Å². The SMILES string of the molecule is Cc1noc(C)c1CCNC(=O)C1CC12CCNCC2.Cl. The van der Waals surface area contributed by atoms with Crippen molar-refractivity contribution in [2.45, 2.75) is 39.5 Å². The molecule has 2 fully saturated rings. The van der Waals surface area contributed by atoms with Crippen LogP contribution < -0.4 is 10.6 Å². The molecule has 1 saturated carbocycles. The van der Waals surface area contributed by atoms with E-state index in [1.54, 1.807) is 0 Å². The van der Waals surface area contributed by atoms with Crippen LogP contribution >= 0.6 is 12.4 Å². The molecule has 1 aromatic heterocycles. The zero-order valence-electron chi connectivity index (χ0n) is 12.7. The first-order chi connectivity index (χ1) is 9.62. The summed E-state index contributed by atoms with van der Waals surface area (Å²) in [6.45, 7) is 6.65. The van der Waals surface area contributed by atoms with Gasteiger partial charge in [-0.15, -0.1) is 12.4 Å². The van der Waals surface area contributed by atoms with Crippen molar-refractivity contribution >= 4 is 18.3 Å². The smallest absolute Gasteiger partial charge is 0.223 e. The number of carbonyl (C=O) groups excluding carboxylic acids is 1. The van der Waals surface area contributed by atoms with Gasteiger partial charge in [-0.1, -0.05) is 5.16 Å². The molecule has 0 radical (unpaired) electrons. The number of nitrogens with one attached hydrogen (secondary N) is 2. The molecule has 1 spiro atoms. The molecule has 118 valence electrons. The quantitative estimate of drug-likeness (QED) is 0.889. The lowest BCUT2D eigenvalue weighted by Crippen LogP contribution is -2.34. The van der Waals surface area contributed by atoms with Crippen LogP contribution in [-0.4, -0.2) is 30.7 Å². The van der Waals surface area contributed by atoms with E-state index in [0.29, 0.717) is 12.0 Å². The van der Waals surface area contributed by atoms with E-state index < -0.39 is 0 Å². The van der Waals surface area contributed by atoms with Crippen molar-refractivity contribution in [1.82, 2.24) is 15.8 Å². The number of rotatable bonds is 4. The lowest BCUT2D eigenvalue weighted by Gasteiger charge is -2.23. The van der Waals surface area contributed by atoms with Gasteiger partial charge in [-0.3, -0.25) is 4.79 Å². The Morgan fingerprint density at radius 2 is 2.14 bits per heavy atom. The Kier molecular flexibility index (Phi) is 4.94. The number of amides is 1. The second-order valence-electron chi connectivity index (χ2n) is 6.21. The Morgan fingerprint density at radius 1 is 1.43 bits per heavy atom. The first kappa shape index (κ1) is 16.3. The largest absolute Gasteiger partial charge is 0.361 e. The average molecular weight is 314 g/mol. The minimum Gasteiger partial charge on any atom is -0.361 e. The third kappa shape index (κ3) is 3.24. The van der Waals surface area contributed by atoms with Gasteiger partial charge in [0.1, 0.15) is 5.76 Å². The molecule has 1 unspecified atom stereocenters. The van der Waals surface area contributed by atoms with Crippen LogP contribution in [0.1, 0.15) is 36.3 Å². The summed E-state index contributed by atoms with van der Waals surface area (Å²) in [7, 11) is 0. The monoisotopic (exact) mass is 313 g/mol. The summed E-state index contributed by atoms with van der Waals surface area (Å²) in [5, 5.41) is 10.4. The Bertz CT molecular complexity index is 490. The van der Waals surface area contributed by atoms with Crippen LogP contribution in [0.25, 0.3) is 0 Å². The van der Waals surface area contributed by atoms with Crippen LogP contribution in [0, 0.1) is 25.2 Å². The molecule has 0 aromatic carbocycles. The number of aryl methyl sites for hydroxylation is 2. The van der Waals surface area contributed by atoms with Crippen molar-refractivity contribution < 1.29 is 9.32 Å². The number of hydrogen-bond donors (Lipinski definition) is 2. The number of carbonyl (C=O) groups is 1. The molecule has 21 heavy (non-hydrogen) atoms. The van der Waals surface area contributed by atoms with Crippen LogP contribution in [0.3, 0.4) is 0 Å². The Morgan fingerprint density at radius 3 is 2.76 bits per heavy atom. The van der Waals surface area contributed by atoms with Crippen LogP contribution in [0.15, 0.2) is 4.52 Å². The zero-order chi connectivity index (χ0) is 14.2. The van der Waals surface area contributed by atoms with Gasteiger partial charge in [-0.25, -0.2) is 0 Å². The third-order valence-corrected chi connectivity index (χ3v) is 4.96. The molecule has 1 aromatic rings. The van der Waals surface area contributed by atoms with Crippen molar-refractivity contribution in [3.05, 3.63) is 17.0 Å². The van der Waals surface area contributed by atoms with Gasteiger partial charge in [0.05, 0.1) is 5.69 Å². The Labute approximate surface area is 131 Å². The number of aromatic nitrogens is 1. The topological polar surface area (TPSA) is 67.2 Å². The summed E-state index contributed by atoms with van der Waals surface area (Å²) >= 11 is 0. The van der Waals surface area contributed by atoms with E-state index in [2.05, 4.69) is 15.8 Å². The van der Waals surface area contributed by atoms with Gasteiger partial charge in [0, 0.05) is 18.0 Å². The molecule has 0 bridgehead atoms. The van der Waals surface area contributed by atoms with Crippen molar-refractivity contribution in [3.8, 4) is 0 Å². The normalized spacial score (nSPS) is 22.7. The van der Waals surface area contributed by atoms with E-state index in [0.717, 1.165) is 55.8 Å². The van der Waals surface area contributed by atoms with Crippen molar-refractivity contribution in [1.29, 1.82) is 0 Å². The molecule has 1 atom stereocenters. The highest BCUT2D eigenvalue weighted by molar-refractivity contribution is 5.85. The van der Waals surface area contributed by atoms with E-state index in [1.165, 1.54) is 0 Å². The number of piperidine rings is 1. The van der Waals surface area contributed by atoms with E-state index in [9.17, 15) is 4.79 Å². The highest BCUT2D eigenvalue weighted by atomic mass is 35.5. The fourth-order valence-corrected chi connectivity index (χ4v) is 3.49. The van der Waals surface area contributed by atoms with Gasteiger partial charge in [0.15, 0.2) is 0 Å². The van der Waals surface area contributed by atoms with Crippen molar-refractivity contribution in [2.24, 2.45) is 11.3 Å². The summed E-state index contributed by atoms with van der Waals surface area (Å²) in [4.78, 5) is 12.2. The maximum Gasteiger partial charge on any atom is 0.223 e. The van der Waals surface area contributed by atoms with Crippen LogP contribution in [0.4, 0.5) is 0 Å². The maximum atomic E-state index is 12.2. The summed E-state index contributed by atoms with van der Waals surface area (Å²) in [6.07, 6.45) is 4.17. The fraction of sp³-hybridized carbons (Fsp3) is 0.733. The predicted molar refractivity (Wildman–Crippen MR) is 82.6 cm³/mol. The van der Waals surface area contributed by atoms with Gasteiger partial charge in [-0.2, -0.15) is 0 Å². The van der Waals surface area contributed by atoms with Crippen molar-refractivity contribution in [2.75, 3.05) is 19.6 Å². The molecule has 1 aliphatic carbocycles. The lowest BCUT2D eigenvalue weighted by molar-refractivity contribution is -0.123. The molecule has 1 aliphatic heterocycles. The molecular formula is C15H24ClN3O2. The molecule has 5 nitrogen and oxygen atoms in total. The Hall–Kier alpha value is -1.07. The van der Waals surface area contributed by atoms with E-state index in [1.807, 2.05) is 13.8 Å². The first-order valence-corrected chi connectivity index (χ1v) is 7.52. The van der Waals surface area contributed by atoms with Gasteiger partial charge in [0.2, 0.25) is 5.91 Å². The van der Waals surface area contributed by atoms with Gasteiger partial charge in [0.25, 0.3) is 0 Å². The van der Waals surface area contributed by atoms with Gasteiger partial charge < -0.3 is 15.2 Å². The molecule has 2 heterocycles. The zero-order valence-corrected chi connectivity index (χ0v) is 13.5. The maximum absolute atomic E-state index is 12.2. The molecule has 1 amide bonds. The van der Waals surface area contributed by atoms with Crippen molar-refractivity contribution in [3.63, 3.8) is 0 Å². The van der Waals surface area contributed by atoms with Crippen LogP contribution in [0.5, 0.6) is 0 Å². The standard InChI is InChI=1S/C15H23N3O2.ClH/c1-10-12(11(2)20-18-10)3-6-17-14(19)13-9-15(13)4-7-16-8-5-15;/h13,16H,3-9H2,1-2H3,(H,17,19);1H. The second kappa shape index (κ2) is 6.36. The van der Waals surface area contributed by atoms with E-state index in [-0.39, 0.29) is 24.2 Å². The molecule has 6 heteroatoms. The Balaban J connectivity index is 0.00000161. The number of hydrogen-bond acceptors (Lipinski definition) is 4. The van der Waals surface area contributed by atoms with Gasteiger partial charge in [-0.05, 0) is 58.0 Å². The second-order valence-corrected chi connectivity index (χ2v) is 6.21. The molecule has 1 saturated heterocycles. The minimum absolute atomic E-state index is 0. The summed E-state index contributed by atoms with van der Waals surface area (Å²) in [6, 6.07) is 0. The average Bonchev–Trinajstić information content (AvgIpc) is 3.04. The highest BCUT2D eigenvalue weighted by Gasteiger charge is 2.57.